The largest absolute Gasteiger partial charge is 0.352 e. The summed E-state index contributed by atoms with van der Waals surface area (Å²) in [6, 6.07) is 14.3. The van der Waals surface area contributed by atoms with Crippen molar-refractivity contribution in [2.45, 2.75) is 6.42 Å². The third-order valence-electron chi connectivity index (χ3n) is 4.70. The first kappa shape index (κ1) is 20.1. The number of nitrogens with zero attached hydrogens (tertiary/aromatic N) is 4. The van der Waals surface area contributed by atoms with Gasteiger partial charge in [0.05, 0.1) is 6.20 Å². The Kier molecular flexibility index (Phi) is 5.93. The number of imidazole rings is 1. The number of rotatable bonds is 7. The third-order valence-corrected chi connectivity index (χ3v) is 4.70. The molecule has 0 fully saturated rings. The predicted molar refractivity (Wildman–Crippen MR) is 118 cm³/mol. The lowest BCUT2D eigenvalue weighted by atomic mass is 10.2. The number of fused-ring (bicyclic) bond motifs is 1. The number of benzene rings is 1. The SMILES string of the molecule is Cn1cc(-c2nc3ccccn3c2NC(=O)NCCCNC(=O)c2ccccc2)cn1. The van der Waals surface area contributed by atoms with E-state index in [-0.39, 0.29) is 11.9 Å². The van der Waals surface area contributed by atoms with Crippen LogP contribution in [0.15, 0.2) is 67.1 Å². The summed E-state index contributed by atoms with van der Waals surface area (Å²) in [5.41, 5.74) is 2.79. The Morgan fingerprint density at radius 1 is 1.00 bits per heavy atom. The fraction of sp³-hybridized carbons (Fsp3) is 0.182. The van der Waals surface area contributed by atoms with E-state index >= 15 is 0 Å². The van der Waals surface area contributed by atoms with Crippen molar-refractivity contribution < 1.29 is 9.59 Å². The summed E-state index contributed by atoms with van der Waals surface area (Å²) < 4.78 is 3.51. The number of aryl methyl sites for hydroxylation is 1. The molecular formula is C22H23N7O2. The summed E-state index contributed by atoms with van der Waals surface area (Å²) in [4.78, 5) is 29.1. The van der Waals surface area contributed by atoms with Gasteiger partial charge in [-0.15, -0.1) is 0 Å². The first-order valence-electron chi connectivity index (χ1n) is 9.96. The van der Waals surface area contributed by atoms with Crippen molar-refractivity contribution in [1.82, 2.24) is 29.8 Å². The van der Waals surface area contributed by atoms with Gasteiger partial charge in [0.25, 0.3) is 5.91 Å². The molecule has 0 aliphatic rings. The van der Waals surface area contributed by atoms with Crippen LogP contribution in [0.3, 0.4) is 0 Å². The van der Waals surface area contributed by atoms with Crippen molar-refractivity contribution in [3.05, 3.63) is 72.7 Å². The molecule has 0 aliphatic carbocycles. The molecule has 31 heavy (non-hydrogen) atoms. The van der Waals surface area contributed by atoms with Gasteiger partial charge in [0.2, 0.25) is 0 Å². The monoisotopic (exact) mass is 417 g/mol. The van der Waals surface area contributed by atoms with E-state index in [0.717, 1.165) is 11.2 Å². The molecule has 158 valence electrons. The van der Waals surface area contributed by atoms with Crippen molar-refractivity contribution in [2.24, 2.45) is 7.05 Å². The predicted octanol–water partition coefficient (Wildman–Crippen LogP) is 2.68. The van der Waals surface area contributed by atoms with Crippen molar-refractivity contribution in [2.75, 3.05) is 18.4 Å². The van der Waals surface area contributed by atoms with E-state index in [2.05, 4.69) is 26.0 Å². The maximum atomic E-state index is 12.5. The summed E-state index contributed by atoms with van der Waals surface area (Å²) in [5.74, 6) is 0.440. The lowest BCUT2D eigenvalue weighted by molar-refractivity contribution is 0.0953. The first-order chi connectivity index (χ1) is 15.1. The first-order valence-corrected chi connectivity index (χ1v) is 9.96. The Morgan fingerprint density at radius 3 is 2.55 bits per heavy atom. The number of anilines is 1. The van der Waals surface area contributed by atoms with E-state index in [4.69, 9.17) is 0 Å². The quantitative estimate of drug-likeness (QED) is 0.402. The maximum absolute atomic E-state index is 12.5. The number of carbonyl (C=O) groups excluding carboxylic acids is 2. The van der Waals surface area contributed by atoms with Crippen LogP contribution in [-0.4, -0.2) is 44.2 Å². The van der Waals surface area contributed by atoms with Gasteiger partial charge in [-0.25, -0.2) is 9.78 Å². The lowest BCUT2D eigenvalue weighted by Crippen LogP contribution is -2.32. The highest BCUT2D eigenvalue weighted by Gasteiger charge is 2.17. The number of amides is 3. The molecule has 0 unspecified atom stereocenters. The van der Waals surface area contributed by atoms with Crippen molar-refractivity contribution >= 4 is 23.4 Å². The zero-order valence-corrected chi connectivity index (χ0v) is 17.1. The summed E-state index contributed by atoms with van der Waals surface area (Å²) >= 11 is 0. The number of aromatic nitrogens is 4. The highest BCUT2D eigenvalue weighted by molar-refractivity contribution is 5.94. The Balaban J connectivity index is 1.34. The number of carbonyl (C=O) groups is 2. The van der Waals surface area contributed by atoms with E-state index in [9.17, 15) is 9.59 Å². The Bertz CT molecular complexity index is 1200. The van der Waals surface area contributed by atoms with Crippen LogP contribution in [0, 0.1) is 0 Å². The minimum absolute atomic E-state index is 0.128. The summed E-state index contributed by atoms with van der Waals surface area (Å²) in [6.07, 6.45) is 6.01. The Morgan fingerprint density at radius 2 is 1.77 bits per heavy atom. The summed E-state index contributed by atoms with van der Waals surface area (Å²) in [7, 11) is 1.83. The van der Waals surface area contributed by atoms with Gasteiger partial charge in [-0.3, -0.25) is 19.2 Å². The molecule has 4 rings (SSSR count). The second kappa shape index (κ2) is 9.12. The van der Waals surface area contributed by atoms with E-state index < -0.39 is 0 Å². The number of hydrogen-bond donors (Lipinski definition) is 3. The lowest BCUT2D eigenvalue weighted by Gasteiger charge is -2.09. The second-order valence-electron chi connectivity index (χ2n) is 7.00. The van der Waals surface area contributed by atoms with Gasteiger partial charge in [0.1, 0.15) is 17.2 Å². The molecule has 9 nitrogen and oxygen atoms in total. The van der Waals surface area contributed by atoms with E-state index in [1.165, 1.54) is 0 Å². The minimum atomic E-state index is -0.342. The van der Waals surface area contributed by atoms with Crippen LogP contribution < -0.4 is 16.0 Å². The minimum Gasteiger partial charge on any atom is -0.352 e. The topological polar surface area (TPSA) is 105 Å². The second-order valence-corrected chi connectivity index (χ2v) is 7.00. The molecule has 3 heterocycles. The number of pyridine rings is 1. The summed E-state index contributed by atoms with van der Waals surface area (Å²) in [6.45, 7) is 0.879. The van der Waals surface area contributed by atoms with Gasteiger partial charge >= 0.3 is 6.03 Å². The van der Waals surface area contributed by atoms with E-state index in [1.807, 2.05) is 60.2 Å². The summed E-state index contributed by atoms with van der Waals surface area (Å²) in [5, 5.41) is 12.7. The average molecular weight is 417 g/mol. The van der Waals surface area contributed by atoms with Crippen molar-refractivity contribution in [3.8, 4) is 11.3 Å². The molecule has 0 aliphatic heterocycles. The Hall–Kier alpha value is -4.14. The maximum Gasteiger partial charge on any atom is 0.320 e. The van der Waals surface area contributed by atoms with Crippen LogP contribution in [-0.2, 0) is 7.05 Å². The average Bonchev–Trinajstić information content (AvgIpc) is 3.37. The molecule has 3 aromatic heterocycles. The van der Waals surface area contributed by atoms with E-state index in [1.54, 1.807) is 23.0 Å². The van der Waals surface area contributed by atoms with Crippen molar-refractivity contribution in [1.29, 1.82) is 0 Å². The highest BCUT2D eigenvalue weighted by atomic mass is 16.2. The van der Waals surface area contributed by atoms with E-state index in [0.29, 0.717) is 36.6 Å². The molecule has 0 spiro atoms. The molecule has 0 bridgehead atoms. The Labute approximate surface area is 179 Å². The molecule has 0 saturated carbocycles. The highest BCUT2D eigenvalue weighted by Crippen LogP contribution is 2.28. The fourth-order valence-electron chi connectivity index (χ4n) is 3.20. The number of nitrogens with one attached hydrogen (secondary N) is 3. The molecular weight excluding hydrogens is 394 g/mol. The fourth-order valence-corrected chi connectivity index (χ4v) is 3.20. The van der Waals surface area contributed by atoms with Gasteiger partial charge in [-0.05, 0) is 30.7 Å². The smallest absolute Gasteiger partial charge is 0.320 e. The molecule has 1 aromatic carbocycles. The van der Waals surface area contributed by atoms with Crippen LogP contribution >= 0.6 is 0 Å². The van der Waals surface area contributed by atoms with Crippen LogP contribution in [0.2, 0.25) is 0 Å². The number of urea groups is 1. The van der Waals surface area contributed by atoms with Crippen LogP contribution in [0.5, 0.6) is 0 Å². The molecule has 0 saturated heterocycles. The molecule has 0 radical (unpaired) electrons. The normalized spacial score (nSPS) is 10.7. The molecule has 0 atom stereocenters. The molecule has 4 aromatic rings. The zero-order valence-electron chi connectivity index (χ0n) is 17.1. The van der Waals surface area contributed by atoms with Gasteiger partial charge in [0, 0.05) is 43.7 Å². The molecule has 9 heteroatoms. The zero-order chi connectivity index (χ0) is 21.6. The standard InChI is InChI=1S/C22H23N7O2/c1-28-15-17(14-25-28)19-20(29-13-6-5-10-18(29)26-19)27-22(31)24-12-7-11-23-21(30)16-8-3-2-4-9-16/h2-6,8-10,13-15H,7,11-12H2,1H3,(H,23,30)(H2,24,27,31). The van der Waals surface area contributed by atoms with Crippen LogP contribution in [0.25, 0.3) is 16.9 Å². The van der Waals surface area contributed by atoms with Gasteiger partial charge < -0.3 is 10.6 Å². The van der Waals surface area contributed by atoms with Crippen molar-refractivity contribution in [3.63, 3.8) is 0 Å². The number of hydrogen-bond acceptors (Lipinski definition) is 4. The molecule has 3 N–H and O–H groups in total. The van der Waals surface area contributed by atoms with Gasteiger partial charge in [-0.2, -0.15) is 5.10 Å². The third kappa shape index (κ3) is 4.72. The van der Waals surface area contributed by atoms with Crippen LogP contribution in [0.4, 0.5) is 10.6 Å². The van der Waals surface area contributed by atoms with Crippen LogP contribution in [0.1, 0.15) is 16.8 Å². The molecule has 3 amide bonds. The van der Waals surface area contributed by atoms with Gasteiger partial charge in [0.15, 0.2) is 0 Å². The van der Waals surface area contributed by atoms with Gasteiger partial charge in [-0.1, -0.05) is 24.3 Å².